The average molecular weight is 766 g/mol. The number of nitrogens with zero attached hydrogens (tertiary/aromatic N) is 3. The van der Waals surface area contributed by atoms with Crippen LogP contribution in [0.2, 0.25) is 0 Å². The summed E-state index contributed by atoms with van der Waals surface area (Å²) in [5, 5.41) is 23.4. The first-order chi connectivity index (χ1) is 26.4. The number of anilines is 2. The van der Waals surface area contributed by atoms with Gasteiger partial charge < -0.3 is 47.9 Å². The summed E-state index contributed by atoms with van der Waals surface area (Å²) in [6.45, 7) is 7.23. The summed E-state index contributed by atoms with van der Waals surface area (Å²) in [6, 6.07) is 4.25. The Labute approximate surface area is 317 Å². The molecule has 4 amide bonds. The number of hydrogen-bond acceptors (Lipinski definition) is 13. The standard InChI is InChI=1S/C36H51N11O8/c1-3-22(2)7-13-29(49)44-26(6-4-5-15-37)33(51)40-17-19-55-18-16-39-28(48)14-12-27(35(53)54)45-32(50)23-8-10-24(11-9-23)41-20-25-21-42-31-30(43-25)34(52)47-36(38)46-31/h8-11,21,26-27,41H,2-7,12-20,37H2,1H3,(H,39,48)(H,40,51)(H,44,49)(H,45,50)(H,53,54)(H3,38,42,46,47,52)/t26-,27-/m1/s1. The molecule has 0 bridgehead atoms. The van der Waals surface area contributed by atoms with Crippen molar-refractivity contribution >= 4 is 52.4 Å². The third-order valence-corrected chi connectivity index (χ3v) is 8.29. The molecule has 2 aromatic heterocycles. The molecule has 2 atom stereocenters. The maximum absolute atomic E-state index is 12.8. The van der Waals surface area contributed by atoms with Gasteiger partial charge in [-0.1, -0.05) is 19.1 Å². The number of unbranched alkanes of at least 4 members (excludes halogenated alkanes) is 1. The quantitative estimate of drug-likeness (QED) is 0.0419. The Hall–Kier alpha value is -5.95. The Kier molecular flexibility index (Phi) is 18.1. The smallest absolute Gasteiger partial charge is 0.326 e. The lowest BCUT2D eigenvalue weighted by molar-refractivity contribution is -0.139. The van der Waals surface area contributed by atoms with Gasteiger partial charge in [-0.05, 0) is 69.3 Å². The lowest BCUT2D eigenvalue weighted by Gasteiger charge is -2.19. The Morgan fingerprint density at radius 2 is 1.65 bits per heavy atom. The van der Waals surface area contributed by atoms with Crippen LogP contribution in [0.3, 0.4) is 0 Å². The predicted molar refractivity (Wildman–Crippen MR) is 205 cm³/mol. The van der Waals surface area contributed by atoms with Gasteiger partial charge in [0.05, 0.1) is 31.6 Å². The zero-order chi connectivity index (χ0) is 40.2. The Morgan fingerprint density at radius 3 is 2.35 bits per heavy atom. The van der Waals surface area contributed by atoms with Gasteiger partial charge in [0.2, 0.25) is 23.7 Å². The number of carboxylic acid groups (broad SMARTS) is 1. The largest absolute Gasteiger partial charge is 0.480 e. The molecule has 0 saturated carbocycles. The lowest BCUT2D eigenvalue weighted by atomic mass is 10.1. The first-order valence-corrected chi connectivity index (χ1v) is 18.1. The molecule has 0 aliphatic carbocycles. The minimum Gasteiger partial charge on any atom is -0.480 e. The molecule has 55 heavy (non-hydrogen) atoms. The van der Waals surface area contributed by atoms with Crippen LogP contribution in [0.5, 0.6) is 0 Å². The molecular formula is C36H51N11O8. The summed E-state index contributed by atoms with van der Waals surface area (Å²) in [4.78, 5) is 88.8. The van der Waals surface area contributed by atoms with E-state index in [1.165, 1.54) is 18.3 Å². The molecule has 0 saturated heterocycles. The number of nitrogen functional groups attached to an aromatic ring is 1. The number of hydrogen-bond donors (Lipinski definition) is 9. The summed E-state index contributed by atoms with van der Waals surface area (Å²) in [5.74, 6) is -2.95. The Bertz CT molecular complexity index is 1830. The Morgan fingerprint density at radius 1 is 0.927 bits per heavy atom. The number of nitrogens with two attached hydrogens (primary N) is 2. The van der Waals surface area contributed by atoms with Crippen molar-refractivity contribution in [3.63, 3.8) is 0 Å². The fourth-order valence-corrected chi connectivity index (χ4v) is 5.08. The summed E-state index contributed by atoms with van der Waals surface area (Å²) < 4.78 is 5.48. The van der Waals surface area contributed by atoms with Crippen LogP contribution >= 0.6 is 0 Å². The second-order valence-electron chi connectivity index (χ2n) is 12.6. The van der Waals surface area contributed by atoms with E-state index in [-0.39, 0.29) is 86.6 Å². The first-order valence-electron chi connectivity index (χ1n) is 18.1. The zero-order valence-corrected chi connectivity index (χ0v) is 30.9. The third-order valence-electron chi connectivity index (χ3n) is 8.29. The number of aromatic amines is 1. The molecule has 0 radical (unpaired) electrons. The summed E-state index contributed by atoms with van der Waals surface area (Å²) >= 11 is 0. The third kappa shape index (κ3) is 15.5. The second kappa shape index (κ2) is 23.0. The molecule has 0 spiro atoms. The van der Waals surface area contributed by atoms with Gasteiger partial charge in [-0.25, -0.2) is 14.8 Å². The number of ether oxygens (including phenoxy) is 1. The van der Waals surface area contributed by atoms with E-state index >= 15 is 0 Å². The molecule has 1 aromatic carbocycles. The number of aliphatic carboxylic acids is 1. The minimum absolute atomic E-state index is 0.0453. The number of carbonyl (C=O) groups excluding carboxylic acids is 4. The highest BCUT2D eigenvalue weighted by atomic mass is 16.5. The van der Waals surface area contributed by atoms with Crippen LogP contribution in [0.4, 0.5) is 11.6 Å². The van der Waals surface area contributed by atoms with Crippen molar-refractivity contribution in [3.05, 3.63) is 64.2 Å². The van der Waals surface area contributed by atoms with Crippen LogP contribution in [-0.4, -0.2) is 99.6 Å². The minimum atomic E-state index is -1.31. The molecule has 19 heteroatoms. The van der Waals surface area contributed by atoms with Crippen molar-refractivity contribution in [2.24, 2.45) is 5.73 Å². The van der Waals surface area contributed by atoms with Crippen LogP contribution in [0.1, 0.15) is 74.3 Å². The maximum atomic E-state index is 12.8. The zero-order valence-electron chi connectivity index (χ0n) is 30.9. The molecule has 0 fully saturated rings. The predicted octanol–water partition coefficient (Wildman–Crippen LogP) is 0.480. The number of fused-ring (bicyclic) bond motifs is 1. The van der Waals surface area contributed by atoms with Gasteiger partial charge in [0, 0.05) is 37.2 Å². The lowest BCUT2D eigenvalue weighted by Crippen LogP contribution is -2.47. The molecule has 298 valence electrons. The maximum Gasteiger partial charge on any atom is 0.326 e. The molecule has 11 N–H and O–H groups in total. The van der Waals surface area contributed by atoms with E-state index in [1.54, 1.807) is 12.1 Å². The Balaban J connectivity index is 1.33. The molecular weight excluding hydrogens is 714 g/mol. The number of amides is 4. The van der Waals surface area contributed by atoms with E-state index in [0.29, 0.717) is 37.2 Å². The van der Waals surface area contributed by atoms with E-state index in [2.05, 4.69) is 53.1 Å². The van der Waals surface area contributed by atoms with Crippen molar-refractivity contribution in [1.29, 1.82) is 0 Å². The molecule has 19 nitrogen and oxygen atoms in total. The fourth-order valence-electron chi connectivity index (χ4n) is 5.08. The van der Waals surface area contributed by atoms with Crippen LogP contribution in [0, 0.1) is 0 Å². The van der Waals surface area contributed by atoms with E-state index in [0.717, 1.165) is 18.4 Å². The number of benzene rings is 1. The average Bonchev–Trinajstić information content (AvgIpc) is 3.16. The normalized spacial score (nSPS) is 12.0. The van der Waals surface area contributed by atoms with Crippen molar-refractivity contribution in [3.8, 4) is 0 Å². The number of carboxylic acids is 1. The van der Waals surface area contributed by atoms with E-state index in [4.69, 9.17) is 16.2 Å². The number of H-pyrrole nitrogens is 1. The first kappa shape index (κ1) is 43.5. The van der Waals surface area contributed by atoms with Crippen molar-refractivity contribution < 1.29 is 33.8 Å². The number of aromatic nitrogens is 4. The van der Waals surface area contributed by atoms with Gasteiger partial charge >= 0.3 is 5.97 Å². The summed E-state index contributed by atoms with van der Waals surface area (Å²) in [5.41, 5.74) is 13.0. The number of rotatable bonds is 25. The molecule has 3 aromatic rings. The highest BCUT2D eigenvalue weighted by molar-refractivity contribution is 5.97. The van der Waals surface area contributed by atoms with Gasteiger partial charge in [0.25, 0.3) is 11.5 Å². The van der Waals surface area contributed by atoms with E-state index in [1.807, 2.05) is 6.92 Å². The second-order valence-corrected chi connectivity index (χ2v) is 12.6. The van der Waals surface area contributed by atoms with Crippen molar-refractivity contribution in [1.82, 2.24) is 41.2 Å². The number of carbonyl (C=O) groups is 5. The van der Waals surface area contributed by atoms with Gasteiger partial charge in [0.15, 0.2) is 11.2 Å². The molecule has 0 aliphatic rings. The molecule has 0 aliphatic heterocycles. The van der Waals surface area contributed by atoms with Crippen LogP contribution in [0.15, 0.2) is 47.4 Å². The fraction of sp³-hybridized carbons (Fsp3) is 0.472. The highest BCUT2D eigenvalue weighted by Crippen LogP contribution is 2.13. The van der Waals surface area contributed by atoms with Crippen molar-refractivity contribution in [2.75, 3.05) is 43.9 Å². The topological polar surface area (TPSA) is 299 Å². The van der Waals surface area contributed by atoms with Gasteiger partial charge in [0.1, 0.15) is 12.1 Å². The van der Waals surface area contributed by atoms with E-state index < -0.39 is 35.4 Å². The van der Waals surface area contributed by atoms with Crippen LogP contribution < -0.4 is 43.6 Å². The van der Waals surface area contributed by atoms with Crippen molar-refractivity contribution in [2.45, 2.75) is 76.9 Å². The number of nitrogens with one attached hydrogen (secondary N) is 6. The SMILES string of the molecule is C=C(CC)CCC(=O)N[C@H](CCCCN)C(=O)NCCOCCNC(=O)CC[C@@H](NC(=O)c1ccc(NCc2cnc3nc(N)[nH]c(=O)c3n2)cc1)C(=O)O. The van der Waals surface area contributed by atoms with Gasteiger partial charge in [-0.15, -0.1) is 0 Å². The van der Waals surface area contributed by atoms with Crippen LogP contribution in [0.25, 0.3) is 11.2 Å². The highest BCUT2D eigenvalue weighted by Gasteiger charge is 2.22. The van der Waals surface area contributed by atoms with Crippen LogP contribution in [-0.2, 0) is 30.5 Å². The summed E-state index contributed by atoms with van der Waals surface area (Å²) in [6.07, 6.45) is 4.63. The number of allylic oxidation sites excluding steroid dienone is 1. The van der Waals surface area contributed by atoms with Gasteiger partial charge in [-0.2, -0.15) is 4.98 Å². The molecule has 2 heterocycles. The van der Waals surface area contributed by atoms with Gasteiger partial charge in [-0.3, -0.25) is 29.0 Å². The molecule has 3 rings (SSSR count). The summed E-state index contributed by atoms with van der Waals surface area (Å²) in [7, 11) is 0. The monoisotopic (exact) mass is 765 g/mol. The van der Waals surface area contributed by atoms with E-state index in [9.17, 15) is 33.9 Å². The molecule has 0 unspecified atom stereocenters.